The Morgan fingerprint density at radius 3 is 2.94 bits per heavy atom. The van der Waals surface area contributed by atoms with Crippen molar-refractivity contribution in [3.8, 4) is 0 Å². The van der Waals surface area contributed by atoms with Gasteiger partial charge >= 0.3 is 0 Å². The van der Waals surface area contributed by atoms with Crippen LogP contribution in [0, 0.1) is 6.92 Å². The summed E-state index contributed by atoms with van der Waals surface area (Å²) in [5, 5.41) is 10.1. The van der Waals surface area contributed by atoms with E-state index in [4.69, 9.17) is 5.73 Å². The van der Waals surface area contributed by atoms with E-state index in [0.29, 0.717) is 11.6 Å². The zero-order valence-corrected chi connectivity index (χ0v) is 9.77. The topological polar surface area (TPSA) is 92.5 Å². The van der Waals surface area contributed by atoms with Crippen LogP contribution in [-0.2, 0) is 6.42 Å². The molecule has 17 heavy (non-hydrogen) atoms. The zero-order chi connectivity index (χ0) is 12.1. The van der Waals surface area contributed by atoms with E-state index in [1.165, 1.54) is 11.8 Å². The van der Waals surface area contributed by atoms with E-state index in [2.05, 4.69) is 25.5 Å². The average molecular weight is 232 g/mol. The van der Waals surface area contributed by atoms with E-state index in [1.807, 2.05) is 13.1 Å². The predicted molar refractivity (Wildman–Crippen MR) is 66.6 cm³/mol. The van der Waals surface area contributed by atoms with Crippen LogP contribution in [0.4, 0.5) is 11.6 Å². The normalized spacial score (nSPS) is 10.4. The van der Waals surface area contributed by atoms with Gasteiger partial charge in [0.25, 0.3) is 0 Å². The fourth-order valence-electron chi connectivity index (χ4n) is 1.59. The Balaban J connectivity index is 1.75. The van der Waals surface area contributed by atoms with Gasteiger partial charge in [0.05, 0.1) is 18.6 Å². The molecule has 0 radical (unpaired) electrons. The maximum absolute atomic E-state index is 5.53. The Bertz CT molecular complexity index is 478. The lowest BCUT2D eigenvalue weighted by Gasteiger charge is -2.05. The number of hydrogen-bond donors (Lipinski definition) is 3. The number of anilines is 2. The fourth-order valence-corrected chi connectivity index (χ4v) is 1.59. The molecule has 2 aromatic heterocycles. The highest BCUT2D eigenvalue weighted by atomic mass is 15.1. The number of aromatic amines is 1. The van der Waals surface area contributed by atoms with E-state index < -0.39 is 0 Å². The number of nitrogen functional groups attached to an aromatic ring is 1. The summed E-state index contributed by atoms with van der Waals surface area (Å²) in [5.41, 5.74) is 7.92. The predicted octanol–water partition coefficient (Wildman–Crippen LogP) is 1.14. The Morgan fingerprint density at radius 1 is 1.35 bits per heavy atom. The molecule has 6 nitrogen and oxygen atoms in total. The van der Waals surface area contributed by atoms with Crippen LogP contribution < -0.4 is 11.1 Å². The van der Waals surface area contributed by atoms with Gasteiger partial charge in [-0.3, -0.25) is 10.1 Å². The summed E-state index contributed by atoms with van der Waals surface area (Å²) in [6.07, 6.45) is 7.07. The van der Waals surface area contributed by atoms with Crippen molar-refractivity contribution in [1.82, 2.24) is 20.2 Å². The van der Waals surface area contributed by atoms with Crippen molar-refractivity contribution < 1.29 is 0 Å². The van der Waals surface area contributed by atoms with Gasteiger partial charge in [0, 0.05) is 12.2 Å². The molecule has 4 N–H and O–H groups in total. The average Bonchev–Trinajstić information content (AvgIpc) is 2.71. The van der Waals surface area contributed by atoms with Gasteiger partial charge in [-0.05, 0) is 25.3 Å². The van der Waals surface area contributed by atoms with Crippen molar-refractivity contribution in [2.75, 3.05) is 17.6 Å². The second-order valence-electron chi connectivity index (χ2n) is 3.88. The number of aryl methyl sites for hydroxylation is 2. The van der Waals surface area contributed by atoms with Crippen LogP contribution in [0.25, 0.3) is 0 Å². The van der Waals surface area contributed by atoms with Crippen LogP contribution in [0.15, 0.2) is 18.6 Å². The molecule has 0 saturated carbocycles. The van der Waals surface area contributed by atoms with Gasteiger partial charge in [-0.2, -0.15) is 5.10 Å². The number of H-pyrrole nitrogens is 1. The Morgan fingerprint density at radius 2 is 2.24 bits per heavy atom. The molecule has 0 aliphatic carbocycles. The molecule has 0 spiro atoms. The fraction of sp³-hybridized carbons (Fsp3) is 0.364. The van der Waals surface area contributed by atoms with Crippen LogP contribution >= 0.6 is 0 Å². The highest BCUT2D eigenvalue weighted by Gasteiger charge is 2.00. The summed E-state index contributed by atoms with van der Waals surface area (Å²) in [4.78, 5) is 8.07. The van der Waals surface area contributed by atoms with Crippen molar-refractivity contribution in [3.63, 3.8) is 0 Å². The van der Waals surface area contributed by atoms with E-state index in [-0.39, 0.29) is 0 Å². The maximum atomic E-state index is 5.53. The monoisotopic (exact) mass is 232 g/mol. The highest BCUT2D eigenvalue weighted by molar-refractivity contribution is 5.38. The lowest BCUT2D eigenvalue weighted by atomic mass is 10.1. The summed E-state index contributed by atoms with van der Waals surface area (Å²) in [5.74, 6) is 1.15. The first kappa shape index (κ1) is 11.4. The van der Waals surface area contributed by atoms with Crippen molar-refractivity contribution in [2.45, 2.75) is 19.8 Å². The molecule has 0 aromatic carbocycles. The molecule has 2 aromatic rings. The summed E-state index contributed by atoms with van der Waals surface area (Å²) in [7, 11) is 0. The molecule has 0 fully saturated rings. The van der Waals surface area contributed by atoms with E-state index in [1.54, 1.807) is 6.20 Å². The Hall–Kier alpha value is -2.11. The first-order valence-corrected chi connectivity index (χ1v) is 5.56. The van der Waals surface area contributed by atoms with Gasteiger partial charge in [-0.15, -0.1) is 0 Å². The number of nitrogens with zero attached hydrogens (tertiary/aromatic N) is 3. The van der Waals surface area contributed by atoms with Gasteiger partial charge in [0.2, 0.25) is 0 Å². The minimum atomic E-state index is 0.431. The summed E-state index contributed by atoms with van der Waals surface area (Å²) < 4.78 is 0. The van der Waals surface area contributed by atoms with Gasteiger partial charge in [0.15, 0.2) is 0 Å². The number of nitrogens with one attached hydrogen (secondary N) is 2. The van der Waals surface area contributed by atoms with Crippen molar-refractivity contribution in [3.05, 3.63) is 29.8 Å². The molecule has 0 aliphatic rings. The van der Waals surface area contributed by atoms with Crippen molar-refractivity contribution >= 4 is 11.6 Å². The lowest BCUT2D eigenvalue weighted by Crippen LogP contribution is -2.06. The van der Waals surface area contributed by atoms with Crippen LogP contribution in [0.5, 0.6) is 0 Å². The molecule has 0 bridgehead atoms. The quantitative estimate of drug-likeness (QED) is 0.672. The van der Waals surface area contributed by atoms with Crippen LogP contribution in [0.2, 0.25) is 0 Å². The summed E-state index contributed by atoms with van der Waals surface area (Å²) in [6, 6.07) is 0. The van der Waals surface area contributed by atoms with Crippen LogP contribution in [0.1, 0.15) is 17.7 Å². The third-order valence-corrected chi connectivity index (χ3v) is 2.52. The highest BCUT2D eigenvalue weighted by Crippen LogP contribution is 2.07. The molecule has 0 amide bonds. The summed E-state index contributed by atoms with van der Waals surface area (Å²) in [6.45, 7) is 2.86. The van der Waals surface area contributed by atoms with E-state index in [0.717, 1.165) is 25.1 Å². The maximum Gasteiger partial charge on any atom is 0.146 e. The molecule has 6 heteroatoms. The third-order valence-electron chi connectivity index (χ3n) is 2.52. The Labute approximate surface area is 99.7 Å². The minimum Gasteiger partial charge on any atom is -0.382 e. The molecule has 0 saturated heterocycles. The smallest absolute Gasteiger partial charge is 0.146 e. The van der Waals surface area contributed by atoms with E-state index in [9.17, 15) is 0 Å². The second-order valence-corrected chi connectivity index (χ2v) is 3.88. The molecule has 90 valence electrons. The number of rotatable bonds is 5. The van der Waals surface area contributed by atoms with Crippen LogP contribution in [0.3, 0.4) is 0 Å². The van der Waals surface area contributed by atoms with Gasteiger partial charge in [-0.1, -0.05) is 0 Å². The number of nitrogens with two attached hydrogens (primary N) is 1. The van der Waals surface area contributed by atoms with Crippen LogP contribution in [-0.4, -0.2) is 26.7 Å². The first-order chi connectivity index (χ1) is 8.25. The molecular weight excluding hydrogens is 216 g/mol. The molecular formula is C11H16N6. The molecule has 2 heterocycles. The van der Waals surface area contributed by atoms with Crippen molar-refractivity contribution in [2.24, 2.45) is 0 Å². The minimum absolute atomic E-state index is 0.431. The molecule has 2 rings (SSSR count). The van der Waals surface area contributed by atoms with Crippen molar-refractivity contribution in [1.29, 1.82) is 0 Å². The summed E-state index contributed by atoms with van der Waals surface area (Å²) >= 11 is 0. The van der Waals surface area contributed by atoms with E-state index >= 15 is 0 Å². The SMILES string of the molecule is Cc1[nH]ncc1CCCNc1cncc(N)n1. The zero-order valence-electron chi connectivity index (χ0n) is 9.77. The third kappa shape index (κ3) is 3.17. The van der Waals surface area contributed by atoms with Gasteiger partial charge in [-0.25, -0.2) is 4.98 Å². The number of aromatic nitrogens is 4. The van der Waals surface area contributed by atoms with Gasteiger partial charge < -0.3 is 11.1 Å². The molecule has 0 aliphatic heterocycles. The molecule has 0 unspecified atom stereocenters. The second kappa shape index (κ2) is 5.29. The standard InChI is InChI=1S/C11H16N6/c1-8-9(5-15-17-8)3-2-4-14-11-7-13-6-10(12)16-11/h5-7H,2-4H2,1H3,(H,15,17)(H3,12,14,16). The largest absolute Gasteiger partial charge is 0.382 e. The lowest BCUT2D eigenvalue weighted by molar-refractivity contribution is 0.852. The number of hydrogen-bond acceptors (Lipinski definition) is 5. The molecule has 0 atom stereocenters. The van der Waals surface area contributed by atoms with Gasteiger partial charge in [0.1, 0.15) is 11.6 Å². The Kier molecular flexibility index (Phi) is 3.54. The first-order valence-electron chi connectivity index (χ1n) is 5.56.